The van der Waals surface area contributed by atoms with Crippen LogP contribution in [0.4, 0.5) is 5.69 Å². The lowest BCUT2D eigenvalue weighted by molar-refractivity contribution is -0.384. The third-order valence-electron chi connectivity index (χ3n) is 3.32. The van der Waals surface area contributed by atoms with Crippen LogP contribution in [0.15, 0.2) is 29.2 Å². The molecule has 1 N–H and O–H groups in total. The molecule has 2 rings (SSSR count). The number of non-ortho nitro benzene ring substituents is 1. The second-order valence-electron chi connectivity index (χ2n) is 4.58. The van der Waals surface area contributed by atoms with Crippen molar-refractivity contribution >= 4 is 21.6 Å². The number of piperazine rings is 1. The van der Waals surface area contributed by atoms with E-state index in [9.17, 15) is 23.3 Å². The Morgan fingerprint density at radius 1 is 1.38 bits per heavy atom. The van der Waals surface area contributed by atoms with Crippen LogP contribution in [0.5, 0.6) is 0 Å². The Morgan fingerprint density at radius 2 is 2.00 bits per heavy atom. The molecule has 1 heterocycles. The highest BCUT2D eigenvalue weighted by atomic mass is 32.2. The van der Waals surface area contributed by atoms with Crippen LogP contribution >= 0.6 is 0 Å². The van der Waals surface area contributed by atoms with Gasteiger partial charge in [0.15, 0.2) is 0 Å². The van der Waals surface area contributed by atoms with Crippen molar-refractivity contribution in [3.8, 4) is 0 Å². The molecule has 1 fully saturated rings. The second-order valence-corrected chi connectivity index (χ2v) is 6.47. The minimum Gasteiger partial charge on any atom is -0.353 e. The Hall–Kier alpha value is -2.00. The van der Waals surface area contributed by atoms with Crippen LogP contribution in [-0.2, 0) is 14.8 Å². The molecule has 0 spiro atoms. The molecule has 0 aromatic heterocycles. The van der Waals surface area contributed by atoms with Gasteiger partial charge in [-0.05, 0) is 18.6 Å². The number of sulfonamides is 1. The first kappa shape index (κ1) is 15.4. The molecule has 1 aromatic rings. The number of carbonyl (C=O) groups excluding carboxylic acids is 1. The SMILES string of the molecule is CCC1C(=O)NCCN1S(=O)(=O)c1ccc([N+](=O)[O-])cc1. The molecule has 114 valence electrons. The van der Waals surface area contributed by atoms with Crippen molar-refractivity contribution in [3.63, 3.8) is 0 Å². The number of amides is 1. The number of hydrogen-bond acceptors (Lipinski definition) is 5. The van der Waals surface area contributed by atoms with Gasteiger partial charge in [-0.15, -0.1) is 0 Å². The molecule has 0 saturated carbocycles. The molecule has 1 aliphatic heterocycles. The van der Waals surface area contributed by atoms with Crippen molar-refractivity contribution in [2.24, 2.45) is 0 Å². The molecule has 1 unspecified atom stereocenters. The van der Waals surface area contributed by atoms with Gasteiger partial charge < -0.3 is 5.32 Å². The summed E-state index contributed by atoms with van der Waals surface area (Å²) in [7, 11) is -3.85. The fourth-order valence-corrected chi connectivity index (χ4v) is 3.91. The lowest BCUT2D eigenvalue weighted by Gasteiger charge is -2.33. The molecular weight excluding hydrogens is 298 g/mol. The standard InChI is InChI=1S/C12H15N3O5S/c1-2-11-12(16)13-7-8-14(11)21(19,20)10-5-3-9(4-6-10)15(17)18/h3-6,11H,2,7-8H2,1H3,(H,13,16). The minimum atomic E-state index is -3.85. The van der Waals surface area contributed by atoms with Gasteiger partial charge in [-0.2, -0.15) is 4.31 Å². The van der Waals surface area contributed by atoms with Gasteiger partial charge in [0.2, 0.25) is 15.9 Å². The van der Waals surface area contributed by atoms with Crippen LogP contribution in [-0.4, -0.2) is 42.7 Å². The average molecular weight is 313 g/mol. The maximum absolute atomic E-state index is 12.6. The molecule has 1 aliphatic rings. The van der Waals surface area contributed by atoms with Crippen LogP contribution in [0.3, 0.4) is 0 Å². The summed E-state index contributed by atoms with van der Waals surface area (Å²) < 4.78 is 26.3. The Morgan fingerprint density at radius 3 is 2.52 bits per heavy atom. The number of rotatable bonds is 4. The maximum Gasteiger partial charge on any atom is 0.269 e. The van der Waals surface area contributed by atoms with E-state index in [1.54, 1.807) is 6.92 Å². The van der Waals surface area contributed by atoms with Gasteiger partial charge in [0.1, 0.15) is 6.04 Å². The third kappa shape index (κ3) is 2.88. The van der Waals surface area contributed by atoms with E-state index >= 15 is 0 Å². The van der Waals surface area contributed by atoms with Gasteiger partial charge in [-0.1, -0.05) is 6.92 Å². The maximum atomic E-state index is 12.6. The number of nitrogens with one attached hydrogen (secondary N) is 1. The Bertz CT molecular complexity index is 656. The Labute approximate surface area is 122 Å². The van der Waals surface area contributed by atoms with E-state index in [2.05, 4.69) is 5.32 Å². The van der Waals surface area contributed by atoms with E-state index < -0.39 is 21.0 Å². The van der Waals surface area contributed by atoms with Gasteiger partial charge in [0.05, 0.1) is 9.82 Å². The van der Waals surface area contributed by atoms with Crippen molar-refractivity contribution in [1.29, 1.82) is 0 Å². The minimum absolute atomic E-state index is 0.0544. The normalized spacial score (nSPS) is 20.0. The number of hydrogen-bond donors (Lipinski definition) is 1. The number of nitrogens with zero attached hydrogens (tertiary/aromatic N) is 2. The van der Waals surface area contributed by atoms with Gasteiger partial charge in [-0.25, -0.2) is 8.42 Å². The van der Waals surface area contributed by atoms with Crippen LogP contribution < -0.4 is 5.32 Å². The summed E-state index contributed by atoms with van der Waals surface area (Å²) in [5, 5.41) is 13.2. The molecule has 1 amide bonds. The molecular formula is C12H15N3O5S. The van der Waals surface area contributed by atoms with E-state index in [0.29, 0.717) is 6.42 Å². The topological polar surface area (TPSA) is 110 Å². The van der Waals surface area contributed by atoms with Gasteiger partial charge in [-0.3, -0.25) is 14.9 Å². The van der Waals surface area contributed by atoms with Crippen molar-refractivity contribution in [3.05, 3.63) is 34.4 Å². The molecule has 1 saturated heterocycles. The summed E-state index contributed by atoms with van der Waals surface area (Å²) in [4.78, 5) is 21.7. The number of nitro benzene ring substituents is 1. The highest BCUT2D eigenvalue weighted by molar-refractivity contribution is 7.89. The van der Waals surface area contributed by atoms with Crippen molar-refractivity contribution in [2.45, 2.75) is 24.3 Å². The van der Waals surface area contributed by atoms with E-state index in [1.807, 2.05) is 0 Å². The Balaban J connectivity index is 2.36. The Kier molecular flexibility index (Phi) is 4.24. The highest BCUT2D eigenvalue weighted by Gasteiger charge is 2.37. The molecule has 9 heteroatoms. The fraction of sp³-hybridized carbons (Fsp3) is 0.417. The first-order valence-electron chi connectivity index (χ1n) is 6.42. The van der Waals surface area contributed by atoms with Gasteiger partial charge >= 0.3 is 0 Å². The molecule has 21 heavy (non-hydrogen) atoms. The van der Waals surface area contributed by atoms with Crippen LogP contribution in [0.25, 0.3) is 0 Å². The predicted molar refractivity (Wildman–Crippen MR) is 74.1 cm³/mol. The lowest BCUT2D eigenvalue weighted by Crippen LogP contribution is -2.56. The number of carbonyl (C=O) groups is 1. The predicted octanol–water partition coefficient (Wildman–Crippen LogP) is 0.494. The zero-order valence-electron chi connectivity index (χ0n) is 11.4. The van der Waals surface area contributed by atoms with Crippen LogP contribution in [0, 0.1) is 10.1 Å². The van der Waals surface area contributed by atoms with E-state index in [0.717, 1.165) is 16.4 Å². The first-order chi connectivity index (χ1) is 9.87. The number of nitro groups is 1. The van der Waals surface area contributed by atoms with Crippen molar-refractivity contribution < 1.29 is 18.1 Å². The number of benzene rings is 1. The monoisotopic (exact) mass is 313 g/mol. The van der Waals surface area contributed by atoms with Crippen LogP contribution in [0.2, 0.25) is 0 Å². The van der Waals surface area contributed by atoms with Crippen LogP contribution in [0.1, 0.15) is 13.3 Å². The molecule has 1 atom stereocenters. The summed E-state index contributed by atoms with van der Waals surface area (Å²) >= 11 is 0. The molecule has 0 bridgehead atoms. The molecule has 1 aromatic carbocycles. The zero-order chi connectivity index (χ0) is 15.6. The van der Waals surface area contributed by atoms with Crippen molar-refractivity contribution in [1.82, 2.24) is 9.62 Å². The summed E-state index contributed by atoms with van der Waals surface area (Å²) in [6.45, 7) is 2.17. The highest BCUT2D eigenvalue weighted by Crippen LogP contribution is 2.23. The van der Waals surface area contributed by atoms with Crippen molar-refractivity contribution in [2.75, 3.05) is 13.1 Å². The molecule has 0 aliphatic carbocycles. The third-order valence-corrected chi connectivity index (χ3v) is 5.24. The summed E-state index contributed by atoms with van der Waals surface area (Å²) in [5.74, 6) is -0.325. The van der Waals surface area contributed by atoms with E-state index in [-0.39, 0.29) is 29.6 Å². The van der Waals surface area contributed by atoms with Gasteiger partial charge in [0, 0.05) is 25.2 Å². The lowest BCUT2D eigenvalue weighted by atomic mass is 10.2. The van der Waals surface area contributed by atoms with Gasteiger partial charge in [0.25, 0.3) is 5.69 Å². The largest absolute Gasteiger partial charge is 0.353 e. The quantitative estimate of drug-likeness (QED) is 0.642. The summed E-state index contributed by atoms with van der Waals surface area (Å²) in [6, 6.07) is 3.90. The summed E-state index contributed by atoms with van der Waals surface area (Å²) in [5.41, 5.74) is -0.183. The van der Waals surface area contributed by atoms with E-state index in [4.69, 9.17) is 0 Å². The second kappa shape index (κ2) is 5.78. The summed E-state index contributed by atoms with van der Waals surface area (Å²) in [6.07, 6.45) is 0.359. The average Bonchev–Trinajstić information content (AvgIpc) is 2.47. The molecule has 0 radical (unpaired) electrons. The smallest absolute Gasteiger partial charge is 0.269 e. The molecule has 8 nitrogen and oxygen atoms in total. The zero-order valence-corrected chi connectivity index (χ0v) is 12.2. The van der Waals surface area contributed by atoms with E-state index in [1.165, 1.54) is 12.1 Å². The first-order valence-corrected chi connectivity index (χ1v) is 7.86. The fourth-order valence-electron chi connectivity index (χ4n) is 2.25.